The molecule has 0 saturated carbocycles. The van der Waals surface area contributed by atoms with E-state index in [2.05, 4.69) is 10.0 Å². The lowest BCUT2D eigenvalue weighted by atomic mass is 10.1. The van der Waals surface area contributed by atoms with Gasteiger partial charge in [0.05, 0.1) is 11.2 Å². The Morgan fingerprint density at radius 2 is 1.92 bits per heavy atom. The van der Waals surface area contributed by atoms with Crippen molar-refractivity contribution in [3.63, 3.8) is 0 Å². The minimum absolute atomic E-state index is 0.0898. The molecular formula is C15H13N3O4S2. The molecule has 9 heteroatoms. The third kappa shape index (κ3) is 3.87. The summed E-state index contributed by atoms with van der Waals surface area (Å²) in [4.78, 5) is 12.0. The molecule has 0 spiro atoms. The molecule has 7 nitrogen and oxygen atoms in total. The lowest BCUT2D eigenvalue weighted by Crippen LogP contribution is -2.18. The molecule has 2 heterocycles. The molecule has 1 aromatic carbocycles. The van der Waals surface area contributed by atoms with Crippen molar-refractivity contribution in [1.29, 1.82) is 5.41 Å². The summed E-state index contributed by atoms with van der Waals surface area (Å²) in [6.07, 6.45) is 2.66. The summed E-state index contributed by atoms with van der Waals surface area (Å²) < 4.78 is 30.4. The second kappa shape index (κ2) is 6.17. The SMILES string of the molecule is CS(=O)(=O)Nc1ccc(-c2ccc(/C=C3\SC(=N)NC3=O)o2)cc1. The van der Waals surface area contributed by atoms with Crippen molar-refractivity contribution in [2.24, 2.45) is 0 Å². The smallest absolute Gasteiger partial charge is 0.264 e. The lowest BCUT2D eigenvalue weighted by molar-refractivity contribution is -0.115. The van der Waals surface area contributed by atoms with Gasteiger partial charge in [0.1, 0.15) is 11.5 Å². The third-order valence-electron chi connectivity index (χ3n) is 3.04. The Balaban J connectivity index is 1.80. The molecule has 1 aliphatic heterocycles. The largest absolute Gasteiger partial charge is 0.457 e. The predicted octanol–water partition coefficient (Wildman–Crippen LogP) is 2.46. The normalized spacial score (nSPS) is 16.5. The number of carbonyl (C=O) groups excluding carboxylic acids is 1. The number of anilines is 1. The van der Waals surface area contributed by atoms with Crippen molar-refractivity contribution >= 4 is 44.6 Å². The van der Waals surface area contributed by atoms with E-state index in [0.717, 1.165) is 23.6 Å². The van der Waals surface area contributed by atoms with Crippen LogP contribution in [0.5, 0.6) is 0 Å². The van der Waals surface area contributed by atoms with Gasteiger partial charge in [-0.25, -0.2) is 8.42 Å². The maximum atomic E-state index is 11.6. The molecule has 3 N–H and O–H groups in total. The molecule has 0 atom stereocenters. The molecule has 1 amide bonds. The second-order valence-corrected chi connectivity index (χ2v) is 7.85. The molecule has 0 radical (unpaired) electrons. The fraction of sp³-hybridized carbons (Fsp3) is 0.0667. The molecule has 3 rings (SSSR count). The highest BCUT2D eigenvalue weighted by molar-refractivity contribution is 8.18. The lowest BCUT2D eigenvalue weighted by Gasteiger charge is -2.04. The average Bonchev–Trinajstić information content (AvgIpc) is 3.06. The van der Waals surface area contributed by atoms with Crippen LogP contribution in [0.4, 0.5) is 5.69 Å². The first kappa shape index (κ1) is 16.3. The van der Waals surface area contributed by atoms with Crippen LogP contribution in [0.2, 0.25) is 0 Å². The van der Waals surface area contributed by atoms with Gasteiger partial charge in [0, 0.05) is 17.3 Å². The fourth-order valence-corrected chi connectivity index (χ4v) is 3.32. The Hall–Kier alpha value is -2.52. The number of nitrogens with one attached hydrogen (secondary N) is 3. The van der Waals surface area contributed by atoms with E-state index >= 15 is 0 Å². The van der Waals surface area contributed by atoms with Gasteiger partial charge in [0.2, 0.25) is 10.0 Å². The number of rotatable bonds is 4. The summed E-state index contributed by atoms with van der Waals surface area (Å²) in [5.74, 6) is 0.765. The molecule has 1 fully saturated rings. The van der Waals surface area contributed by atoms with E-state index in [-0.39, 0.29) is 11.1 Å². The summed E-state index contributed by atoms with van der Waals surface area (Å²) in [6.45, 7) is 0. The second-order valence-electron chi connectivity index (χ2n) is 5.05. The van der Waals surface area contributed by atoms with Crippen LogP contribution in [-0.4, -0.2) is 25.7 Å². The van der Waals surface area contributed by atoms with Gasteiger partial charge < -0.3 is 9.73 Å². The van der Waals surface area contributed by atoms with Crippen molar-refractivity contribution in [3.8, 4) is 11.3 Å². The minimum Gasteiger partial charge on any atom is -0.457 e. The van der Waals surface area contributed by atoms with Crippen molar-refractivity contribution in [3.05, 3.63) is 47.1 Å². The maximum absolute atomic E-state index is 11.6. The number of sulfonamides is 1. The number of carbonyl (C=O) groups is 1. The Kier molecular flexibility index (Phi) is 4.20. The standard InChI is InChI=1S/C15H13N3O4S2/c1-24(20,21)18-10-4-2-9(3-5-10)12-7-6-11(22-12)8-13-14(19)17-15(16)23-13/h2-8,18H,1H3,(H2,16,17,19)/b13-8-. The average molecular weight is 363 g/mol. The first-order chi connectivity index (χ1) is 11.3. The summed E-state index contributed by atoms with van der Waals surface area (Å²) in [6, 6.07) is 10.2. The van der Waals surface area contributed by atoms with Gasteiger partial charge in [-0.3, -0.25) is 14.9 Å². The molecule has 0 aliphatic carbocycles. The molecular weight excluding hydrogens is 350 g/mol. The van der Waals surface area contributed by atoms with Crippen LogP contribution < -0.4 is 10.0 Å². The molecule has 1 aliphatic rings. The fourth-order valence-electron chi connectivity index (χ4n) is 2.07. The zero-order valence-corrected chi connectivity index (χ0v) is 14.1. The van der Waals surface area contributed by atoms with E-state index in [9.17, 15) is 13.2 Å². The van der Waals surface area contributed by atoms with E-state index < -0.39 is 10.0 Å². The summed E-state index contributed by atoms with van der Waals surface area (Å²) >= 11 is 1.04. The van der Waals surface area contributed by atoms with Crippen LogP contribution in [0.1, 0.15) is 5.76 Å². The number of hydrogen-bond acceptors (Lipinski definition) is 6. The molecule has 2 aromatic rings. The van der Waals surface area contributed by atoms with Crippen LogP contribution in [0.25, 0.3) is 17.4 Å². The van der Waals surface area contributed by atoms with Gasteiger partial charge in [-0.05, 0) is 48.2 Å². The van der Waals surface area contributed by atoms with Gasteiger partial charge >= 0.3 is 0 Å². The zero-order chi connectivity index (χ0) is 17.3. The highest BCUT2D eigenvalue weighted by Gasteiger charge is 2.22. The highest BCUT2D eigenvalue weighted by atomic mass is 32.2. The van der Waals surface area contributed by atoms with Crippen molar-refractivity contribution in [2.45, 2.75) is 0 Å². The van der Waals surface area contributed by atoms with Crippen LogP contribution in [0.3, 0.4) is 0 Å². The van der Waals surface area contributed by atoms with Crippen molar-refractivity contribution < 1.29 is 17.6 Å². The number of benzene rings is 1. The first-order valence-electron chi connectivity index (χ1n) is 6.78. The maximum Gasteiger partial charge on any atom is 0.264 e. The highest BCUT2D eigenvalue weighted by Crippen LogP contribution is 2.28. The van der Waals surface area contributed by atoms with Crippen molar-refractivity contribution in [2.75, 3.05) is 11.0 Å². The van der Waals surface area contributed by atoms with E-state index in [1.54, 1.807) is 42.5 Å². The summed E-state index contributed by atoms with van der Waals surface area (Å²) in [5, 5.41) is 9.89. The Labute approximate surface area is 142 Å². The minimum atomic E-state index is -3.31. The molecule has 0 unspecified atom stereocenters. The van der Waals surface area contributed by atoms with Gasteiger partial charge in [0.25, 0.3) is 5.91 Å². The van der Waals surface area contributed by atoms with Gasteiger partial charge in [-0.15, -0.1) is 0 Å². The Morgan fingerprint density at radius 1 is 1.21 bits per heavy atom. The third-order valence-corrected chi connectivity index (χ3v) is 4.47. The first-order valence-corrected chi connectivity index (χ1v) is 9.48. The quantitative estimate of drug-likeness (QED) is 0.722. The molecule has 1 aromatic heterocycles. The summed E-state index contributed by atoms with van der Waals surface area (Å²) in [5.41, 5.74) is 1.24. The summed E-state index contributed by atoms with van der Waals surface area (Å²) in [7, 11) is -3.31. The molecule has 124 valence electrons. The van der Waals surface area contributed by atoms with E-state index in [1.165, 1.54) is 0 Å². The van der Waals surface area contributed by atoms with Crippen LogP contribution in [0, 0.1) is 5.41 Å². The monoisotopic (exact) mass is 363 g/mol. The van der Waals surface area contributed by atoms with Crippen LogP contribution in [0.15, 0.2) is 45.7 Å². The number of furan rings is 1. The van der Waals surface area contributed by atoms with Crippen LogP contribution >= 0.6 is 11.8 Å². The Bertz CT molecular complexity index is 943. The number of amidine groups is 1. The van der Waals surface area contributed by atoms with Crippen LogP contribution in [-0.2, 0) is 14.8 Å². The van der Waals surface area contributed by atoms with Gasteiger partial charge in [-0.2, -0.15) is 0 Å². The molecule has 0 bridgehead atoms. The number of amides is 1. The number of thioether (sulfide) groups is 1. The molecule has 1 saturated heterocycles. The van der Waals surface area contributed by atoms with Crippen molar-refractivity contribution in [1.82, 2.24) is 5.32 Å². The van der Waals surface area contributed by atoms with Gasteiger partial charge in [0.15, 0.2) is 5.17 Å². The molecule has 24 heavy (non-hydrogen) atoms. The number of hydrogen-bond donors (Lipinski definition) is 3. The van der Waals surface area contributed by atoms with E-state index in [0.29, 0.717) is 22.1 Å². The van der Waals surface area contributed by atoms with E-state index in [4.69, 9.17) is 9.83 Å². The van der Waals surface area contributed by atoms with E-state index in [1.807, 2.05) is 0 Å². The Morgan fingerprint density at radius 3 is 2.50 bits per heavy atom. The van der Waals surface area contributed by atoms with Gasteiger partial charge in [-0.1, -0.05) is 0 Å². The topological polar surface area (TPSA) is 112 Å². The zero-order valence-electron chi connectivity index (χ0n) is 12.5. The predicted molar refractivity (Wildman–Crippen MR) is 94.0 cm³/mol.